The molecule has 1 fully saturated rings. The van der Waals surface area contributed by atoms with Crippen molar-refractivity contribution in [1.29, 1.82) is 0 Å². The van der Waals surface area contributed by atoms with Crippen LogP contribution in [0, 0.1) is 20.8 Å². The van der Waals surface area contributed by atoms with Gasteiger partial charge in [-0.1, -0.05) is 5.11 Å². The van der Waals surface area contributed by atoms with Gasteiger partial charge in [-0.05, 0) is 50.6 Å². The van der Waals surface area contributed by atoms with Gasteiger partial charge in [0.2, 0.25) is 0 Å². The standard InChI is InChI=1S/C22H24N7O7P/c1-13-11-29(22(31)26-21(13)30)20-8-18(27-28-23)19(34-20)12-33-37(32,35-16-6-4-14(2)24-9-16)36-17-7-5-15(3)25-10-17/h4-7,9-11,18-20H,8,12H2,1-3H3,(H,26,30,31)/t18?,19-,20-/m1/s1. The number of nitrogens with zero attached hydrogens (tertiary/aromatic N) is 6. The molecule has 4 heterocycles. The van der Waals surface area contributed by atoms with Gasteiger partial charge in [0.15, 0.2) is 11.5 Å². The van der Waals surface area contributed by atoms with Crippen LogP contribution in [-0.2, 0) is 13.8 Å². The fraction of sp³-hybridized carbons (Fsp3) is 0.364. The van der Waals surface area contributed by atoms with Crippen molar-refractivity contribution >= 4 is 7.82 Å². The van der Waals surface area contributed by atoms with Gasteiger partial charge in [0, 0.05) is 34.5 Å². The highest BCUT2D eigenvalue weighted by Crippen LogP contribution is 2.50. The number of aromatic amines is 1. The topological polar surface area (TPSA) is 183 Å². The van der Waals surface area contributed by atoms with Crippen molar-refractivity contribution in [2.45, 2.75) is 45.6 Å². The van der Waals surface area contributed by atoms with Crippen molar-refractivity contribution in [2.75, 3.05) is 6.61 Å². The Morgan fingerprint density at radius 2 is 1.76 bits per heavy atom. The van der Waals surface area contributed by atoms with Gasteiger partial charge in [0.25, 0.3) is 5.56 Å². The van der Waals surface area contributed by atoms with Crippen molar-refractivity contribution in [3.8, 4) is 11.5 Å². The number of hydrogen-bond acceptors (Lipinski definition) is 10. The maximum Gasteiger partial charge on any atom is 0.587 e. The largest absolute Gasteiger partial charge is 0.587 e. The van der Waals surface area contributed by atoms with Crippen molar-refractivity contribution in [3.63, 3.8) is 0 Å². The molecule has 1 aliphatic rings. The summed E-state index contributed by atoms with van der Waals surface area (Å²) in [5.74, 6) is 0.280. The lowest BCUT2D eigenvalue weighted by atomic mass is 10.1. The highest BCUT2D eigenvalue weighted by atomic mass is 31.2. The van der Waals surface area contributed by atoms with Crippen LogP contribution in [0.3, 0.4) is 0 Å². The van der Waals surface area contributed by atoms with Gasteiger partial charge < -0.3 is 13.8 Å². The minimum atomic E-state index is -4.32. The molecule has 0 aliphatic carbocycles. The molecule has 0 amide bonds. The molecule has 1 unspecified atom stereocenters. The number of phosphoric acid groups is 1. The Labute approximate surface area is 210 Å². The van der Waals surface area contributed by atoms with Crippen molar-refractivity contribution < 1.29 is 22.9 Å². The molecule has 0 radical (unpaired) electrons. The Balaban J connectivity index is 1.56. The van der Waals surface area contributed by atoms with Crippen molar-refractivity contribution in [2.24, 2.45) is 5.11 Å². The van der Waals surface area contributed by atoms with E-state index in [-0.39, 0.29) is 24.5 Å². The van der Waals surface area contributed by atoms with Gasteiger partial charge in [-0.25, -0.2) is 9.36 Å². The summed E-state index contributed by atoms with van der Waals surface area (Å²) in [6.45, 7) is 4.74. The third kappa shape index (κ3) is 6.43. The van der Waals surface area contributed by atoms with Gasteiger partial charge in [0.1, 0.15) is 6.23 Å². The Morgan fingerprint density at radius 1 is 1.14 bits per heavy atom. The van der Waals surface area contributed by atoms with Crippen LogP contribution in [0.5, 0.6) is 11.5 Å². The molecule has 37 heavy (non-hydrogen) atoms. The molecule has 0 spiro atoms. The molecule has 0 saturated carbocycles. The van der Waals surface area contributed by atoms with Crippen LogP contribution in [0.4, 0.5) is 0 Å². The second kappa shape index (κ2) is 11.0. The summed E-state index contributed by atoms with van der Waals surface area (Å²) in [5, 5.41) is 3.74. The first-order chi connectivity index (χ1) is 17.7. The second-order valence-corrected chi connectivity index (χ2v) is 9.83. The molecule has 14 nitrogen and oxygen atoms in total. The van der Waals surface area contributed by atoms with E-state index in [0.29, 0.717) is 5.56 Å². The zero-order valence-corrected chi connectivity index (χ0v) is 21.1. The Hall–Kier alpha value is -3.96. The molecule has 3 atom stereocenters. The SMILES string of the molecule is Cc1ccc(OP(=O)(OC[C@H]2O[C@@H](n3cc(C)c(=O)[nH]c3=O)CC2N=[N+]=[N-])Oc2ccc(C)nc2)cn1. The predicted molar refractivity (Wildman–Crippen MR) is 130 cm³/mol. The molecule has 1 aliphatic heterocycles. The number of nitrogens with one attached hydrogen (secondary N) is 1. The molecule has 1 saturated heterocycles. The maximum atomic E-state index is 13.7. The Kier molecular flexibility index (Phi) is 7.74. The number of H-pyrrole nitrogens is 1. The lowest BCUT2D eigenvalue weighted by Gasteiger charge is -2.22. The first-order valence-corrected chi connectivity index (χ1v) is 12.6. The molecular weight excluding hydrogens is 505 g/mol. The van der Waals surface area contributed by atoms with Gasteiger partial charge >= 0.3 is 13.5 Å². The first-order valence-electron chi connectivity index (χ1n) is 11.2. The minimum Gasteiger partial charge on any atom is -0.393 e. The summed E-state index contributed by atoms with van der Waals surface area (Å²) < 4.78 is 37.5. The molecular formula is C22H24N7O7P. The number of azide groups is 1. The molecule has 15 heteroatoms. The zero-order chi connectivity index (χ0) is 26.6. The fourth-order valence-corrected chi connectivity index (χ4v) is 4.74. The van der Waals surface area contributed by atoms with E-state index < -0.39 is 37.4 Å². The monoisotopic (exact) mass is 529 g/mol. The molecule has 3 aromatic heterocycles. The maximum absolute atomic E-state index is 13.7. The van der Waals surface area contributed by atoms with E-state index in [1.54, 1.807) is 45.0 Å². The Bertz CT molecular complexity index is 1410. The van der Waals surface area contributed by atoms with E-state index in [1.807, 2.05) is 0 Å². The predicted octanol–water partition coefficient (Wildman–Crippen LogP) is 3.50. The van der Waals surface area contributed by atoms with Gasteiger partial charge in [-0.15, -0.1) is 0 Å². The van der Waals surface area contributed by atoms with E-state index >= 15 is 0 Å². The molecule has 194 valence electrons. The van der Waals surface area contributed by atoms with E-state index in [2.05, 4.69) is 25.0 Å². The van der Waals surface area contributed by atoms with E-state index in [0.717, 1.165) is 11.4 Å². The lowest BCUT2D eigenvalue weighted by Crippen LogP contribution is -2.33. The van der Waals surface area contributed by atoms with Crippen LogP contribution in [0.25, 0.3) is 10.4 Å². The number of pyridine rings is 2. The number of phosphoric ester groups is 1. The molecule has 0 bridgehead atoms. The average Bonchev–Trinajstić information content (AvgIpc) is 3.26. The fourth-order valence-electron chi connectivity index (χ4n) is 3.53. The van der Waals surface area contributed by atoms with E-state index in [1.165, 1.54) is 23.2 Å². The number of ether oxygens (including phenoxy) is 1. The minimum absolute atomic E-state index is 0.110. The van der Waals surface area contributed by atoms with E-state index in [4.69, 9.17) is 23.8 Å². The number of aryl methyl sites for hydroxylation is 3. The normalized spacial score (nSPS) is 19.3. The summed E-state index contributed by atoms with van der Waals surface area (Å²) in [7, 11) is -4.32. The first kappa shape index (κ1) is 26.1. The van der Waals surface area contributed by atoms with Crippen LogP contribution in [0.1, 0.15) is 29.6 Å². The summed E-state index contributed by atoms with van der Waals surface area (Å²) in [5.41, 5.74) is 9.58. The lowest BCUT2D eigenvalue weighted by molar-refractivity contribution is -0.0260. The summed E-state index contributed by atoms with van der Waals surface area (Å²) in [4.78, 5) is 37.3. The van der Waals surface area contributed by atoms with Crippen LogP contribution in [-0.4, -0.2) is 38.3 Å². The number of hydrogen-bond donors (Lipinski definition) is 1. The van der Waals surface area contributed by atoms with Crippen LogP contribution >= 0.6 is 7.82 Å². The van der Waals surface area contributed by atoms with Crippen molar-refractivity contribution in [1.82, 2.24) is 19.5 Å². The molecule has 4 rings (SSSR count). The highest BCUT2D eigenvalue weighted by molar-refractivity contribution is 7.49. The molecule has 1 N–H and O–H groups in total. The van der Waals surface area contributed by atoms with Gasteiger partial charge in [-0.2, -0.15) is 0 Å². The summed E-state index contributed by atoms with van der Waals surface area (Å²) in [6, 6.07) is 5.68. The van der Waals surface area contributed by atoms with Gasteiger partial charge in [0.05, 0.1) is 31.1 Å². The number of aromatic nitrogens is 4. The second-order valence-electron chi connectivity index (χ2n) is 8.31. The third-order valence-corrected chi connectivity index (χ3v) is 6.79. The average molecular weight is 529 g/mol. The van der Waals surface area contributed by atoms with E-state index in [9.17, 15) is 14.2 Å². The number of rotatable bonds is 9. The van der Waals surface area contributed by atoms with Gasteiger partial charge in [-0.3, -0.25) is 28.8 Å². The zero-order valence-electron chi connectivity index (χ0n) is 20.2. The highest BCUT2D eigenvalue weighted by Gasteiger charge is 2.40. The summed E-state index contributed by atoms with van der Waals surface area (Å²) >= 11 is 0. The van der Waals surface area contributed by atoms with Crippen LogP contribution in [0.2, 0.25) is 0 Å². The van der Waals surface area contributed by atoms with Crippen LogP contribution < -0.4 is 20.3 Å². The van der Waals surface area contributed by atoms with Crippen molar-refractivity contribution in [3.05, 3.63) is 91.1 Å². The molecule has 3 aromatic rings. The third-order valence-electron chi connectivity index (χ3n) is 5.46. The molecule has 0 aromatic carbocycles. The smallest absolute Gasteiger partial charge is 0.393 e. The quantitative estimate of drug-likeness (QED) is 0.187. The Morgan fingerprint density at radius 3 is 2.30 bits per heavy atom. The summed E-state index contributed by atoms with van der Waals surface area (Å²) in [6.07, 6.45) is 2.44. The van der Waals surface area contributed by atoms with Crippen LogP contribution in [0.15, 0.2) is 57.6 Å².